The van der Waals surface area contributed by atoms with E-state index in [1.165, 1.54) is 11.1 Å². The minimum absolute atomic E-state index is 1.25. The highest BCUT2D eigenvalue weighted by atomic mass is 28.3. The predicted molar refractivity (Wildman–Crippen MR) is 73.2 cm³/mol. The maximum atomic E-state index is 2.44. The van der Waals surface area contributed by atoms with E-state index < -0.39 is 8.07 Å². The lowest BCUT2D eigenvalue weighted by Crippen LogP contribution is -2.40. The molecule has 0 radical (unpaired) electrons. The first kappa shape index (κ1) is 12.2. The molecule has 0 nitrogen and oxygen atoms in total. The Labute approximate surface area is 95.0 Å². The second-order valence-electron chi connectivity index (χ2n) is 4.42. The molecule has 1 heteroatoms. The van der Waals surface area contributed by atoms with E-state index >= 15 is 0 Å². The molecule has 1 aliphatic heterocycles. The zero-order valence-electron chi connectivity index (χ0n) is 10.8. The number of rotatable bonds is 0. The van der Waals surface area contributed by atoms with Crippen LogP contribution in [0.2, 0.25) is 13.1 Å². The van der Waals surface area contributed by atoms with Crippen LogP contribution in [0.5, 0.6) is 0 Å². The van der Waals surface area contributed by atoms with Crippen molar-refractivity contribution in [3.05, 3.63) is 35.0 Å². The minimum Gasteiger partial charge on any atom is -0.0756 e. The number of benzene rings is 1. The summed E-state index contributed by atoms with van der Waals surface area (Å²) in [5, 5.41) is 3.26. The molecule has 82 valence electrons. The van der Waals surface area contributed by atoms with Crippen molar-refractivity contribution >= 4 is 18.8 Å². The Bertz CT molecular complexity index is 386. The van der Waals surface area contributed by atoms with Gasteiger partial charge in [0.2, 0.25) is 0 Å². The van der Waals surface area contributed by atoms with Gasteiger partial charge < -0.3 is 0 Å². The molecular weight excluding hydrogens is 196 g/mol. The lowest BCUT2D eigenvalue weighted by atomic mass is 10.1. The highest BCUT2D eigenvalue weighted by Gasteiger charge is 2.34. The van der Waals surface area contributed by atoms with E-state index in [0.717, 1.165) is 0 Å². The molecule has 1 aromatic carbocycles. The van der Waals surface area contributed by atoms with Crippen molar-refractivity contribution in [2.45, 2.75) is 40.8 Å². The van der Waals surface area contributed by atoms with Gasteiger partial charge in [0.25, 0.3) is 0 Å². The van der Waals surface area contributed by atoms with Gasteiger partial charge >= 0.3 is 0 Å². The van der Waals surface area contributed by atoms with E-state index in [4.69, 9.17) is 0 Å². The van der Waals surface area contributed by atoms with E-state index in [1.54, 1.807) is 10.4 Å². The molecule has 0 atom stereocenters. The van der Waals surface area contributed by atoms with Crippen molar-refractivity contribution in [2.75, 3.05) is 0 Å². The SMILES string of the molecule is CC.CC1=C(C)[Si](C)(C)c2ccccc21. The Balaban J connectivity index is 0.000000531. The van der Waals surface area contributed by atoms with Crippen LogP contribution >= 0.6 is 0 Å². The van der Waals surface area contributed by atoms with Crippen molar-refractivity contribution in [1.29, 1.82) is 0 Å². The highest BCUT2D eigenvalue weighted by molar-refractivity contribution is 6.98. The van der Waals surface area contributed by atoms with Gasteiger partial charge in [-0.3, -0.25) is 0 Å². The fraction of sp³-hybridized carbons (Fsp3) is 0.429. The van der Waals surface area contributed by atoms with Crippen molar-refractivity contribution in [3.63, 3.8) is 0 Å². The van der Waals surface area contributed by atoms with E-state index in [9.17, 15) is 0 Å². The van der Waals surface area contributed by atoms with Gasteiger partial charge in [-0.15, -0.1) is 0 Å². The van der Waals surface area contributed by atoms with Crippen molar-refractivity contribution < 1.29 is 0 Å². The molecular formula is C14H22Si. The summed E-state index contributed by atoms with van der Waals surface area (Å²) in [7, 11) is -1.25. The van der Waals surface area contributed by atoms with Crippen LogP contribution in [-0.4, -0.2) is 8.07 Å². The monoisotopic (exact) mass is 218 g/mol. The third kappa shape index (κ3) is 1.81. The first-order valence-electron chi connectivity index (χ1n) is 5.83. The normalized spacial score (nSPS) is 16.9. The third-order valence-electron chi connectivity index (χ3n) is 3.50. The van der Waals surface area contributed by atoms with Gasteiger partial charge in [0.05, 0.1) is 0 Å². The molecule has 1 aromatic rings. The maximum absolute atomic E-state index is 2.44. The average molecular weight is 218 g/mol. The van der Waals surface area contributed by atoms with E-state index in [0.29, 0.717) is 0 Å². The van der Waals surface area contributed by atoms with Crippen LogP contribution in [0.25, 0.3) is 5.57 Å². The number of fused-ring (bicyclic) bond motifs is 1. The quantitative estimate of drug-likeness (QED) is 0.578. The molecule has 0 amide bonds. The second-order valence-corrected chi connectivity index (χ2v) is 8.96. The summed E-state index contributed by atoms with van der Waals surface area (Å²) in [6.07, 6.45) is 0. The summed E-state index contributed by atoms with van der Waals surface area (Å²) in [5.74, 6) is 0. The standard InChI is InChI=1S/C12H16Si.C2H6/c1-9-10(2)13(3,4)12-8-6-5-7-11(9)12;1-2/h5-8H,1-4H3;1-2H3. The van der Waals surface area contributed by atoms with Crippen LogP contribution in [0.4, 0.5) is 0 Å². The highest BCUT2D eigenvalue weighted by Crippen LogP contribution is 2.32. The van der Waals surface area contributed by atoms with Crippen molar-refractivity contribution in [3.8, 4) is 0 Å². The van der Waals surface area contributed by atoms with Crippen LogP contribution < -0.4 is 5.19 Å². The molecule has 0 aromatic heterocycles. The summed E-state index contributed by atoms with van der Waals surface area (Å²) in [5.41, 5.74) is 3.02. The fourth-order valence-corrected chi connectivity index (χ4v) is 5.16. The summed E-state index contributed by atoms with van der Waals surface area (Å²) in [4.78, 5) is 0. The van der Waals surface area contributed by atoms with E-state index in [1.807, 2.05) is 13.8 Å². The Morgan fingerprint density at radius 3 is 2.00 bits per heavy atom. The molecule has 0 unspecified atom stereocenters. The molecule has 0 fully saturated rings. The summed E-state index contributed by atoms with van der Waals surface area (Å²) in [6, 6.07) is 8.88. The largest absolute Gasteiger partial charge is 0.108 e. The molecule has 0 spiro atoms. The van der Waals surface area contributed by atoms with Gasteiger partial charge in [-0.25, -0.2) is 0 Å². The molecule has 0 bridgehead atoms. The molecule has 0 aliphatic carbocycles. The first-order valence-corrected chi connectivity index (χ1v) is 8.83. The van der Waals surface area contributed by atoms with Gasteiger partial charge in [-0.05, 0) is 30.2 Å². The van der Waals surface area contributed by atoms with Crippen LogP contribution in [-0.2, 0) is 0 Å². The van der Waals surface area contributed by atoms with Crippen LogP contribution in [0.15, 0.2) is 29.5 Å². The first-order chi connectivity index (χ1) is 7.05. The van der Waals surface area contributed by atoms with Crippen LogP contribution in [0.3, 0.4) is 0 Å². The molecule has 0 N–H and O–H groups in total. The maximum Gasteiger partial charge on any atom is 0.108 e. The Hall–Kier alpha value is -0.823. The zero-order chi connectivity index (χ0) is 11.6. The molecule has 15 heavy (non-hydrogen) atoms. The van der Waals surface area contributed by atoms with Gasteiger partial charge in [0.15, 0.2) is 0 Å². The zero-order valence-corrected chi connectivity index (χ0v) is 11.8. The van der Waals surface area contributed by atoms with E-state index in [2.05, 4.69) is 51.2 Å². The predicted octanol–water partition coefficient (Wildman–Crippen LogP) is 3.97. The van der Waals surface area contributed by atoms with Gasteiger partial charge in [-0.2, -0.15) is 0 Å². The Kier molecular flexibility index (Phi) is 3.56. The molecule has 0 saturated heterocycles. The Morgan fingerprint density at radius 1 is 0.933 bits per heavy atom. The summed E-state index contributed by atoms with van der Waals surface area (Å²) in [6.45, 7) is 13.5. The minimum atomic E-state index is -1.25. The molecule has 2 rings (SSSR count). The topological polar surface area (TPSA) is 0 Å². The number of allylic oxidation sites excluding steroid dienone is 2. The lowest BCUT2D eigenvalue weighted by Gasteiger charge is -2.19. The van der Waals surface area contributed by atoms with Gasteiger partial charge in [0, 0.05) is 0 Å². The Morgan fingerprint density at radius 2 is 1.47 bits per heavy atom. The summed E-state index contributed by atoms with van der Waals surface area (Å²) >= 11 is 0. The number of hydrogen-bond donors (Lipinski definition) is 0. The molecule has 1 aliphatic rings. The van der Waals surface area contributed by atoms with Crippen LogP contribution in [0.1, 0.15) is 33.3 Å². The molecule has 0 saturated carbocycles. The van der Waals surface area contributed by atoms with Crippen molar-refractivity contribution in [1.82, 2.24) is 0 Å². The van der Waals surface area contributed by atoms with Gasteiger partial charge in [0.1, 0.15) is 8.07 Å². The third-order valence-corrected chi connectivity index (χ3v) is 7.54. The second kappa shape index (κ2) is 4.36. The van der Waals surface area contributed by atoms with Gasteiger partial charge in [-0.1, -0.05) is 56.4 Å². The van der Waals surface area contributed by atoms with Crippen LogP contribution in [0, 0.1) is 0 Å². The number of hydrogen-bond acceptors (Lipinski definition) is 0. The summed E-state index contributed by atoms with van der Waals surface area (Å²) < 4.78 is 0. The average Bonchev–Trinajstić information content (AvgIpc) is 2.45. The van der Waals surface area contributed by atoms with Crippen molar-refractivity contribution in [2.24, 2.45) is 0 Å². The van der Waals surface area contributed by atoms with E-state index in [-0.39, 0.29) is 0 Å². The molecule has 1 heterocycles. The lowest BCUT2D eigenvalue weighted by molar-refractivity contribution is 1.50. The smallest absolute Gasteiger partial charge is 0.0756 e. The fourth-order valence-electron chi connectivity index (χ4n) is 2.23.